The number of hydrogen-bond acceptors (Lipinski definition) is 5. The minimum atomic E-state index is -3.81. The molecule has 1 fully saturated rings. The molecule has 1 heterocycles. The van der Waals surface area contributed by atoms with Crippen LogP contribution in [0.3, 0.4) is 0 Å². The maximum Gasteiger partial charge on any atom is 0.243 e. The molecule has 0 bridgehead atoms. The van der Waals surface area contributed by atoms with Crippen LogP contribution in [-0.4, -0.2) is 45.9 Å². The molecule has 1 aliphatic heterocycles. The van der Waals surface area contributed by atoms with E-state index in [1.165, 1.54) is 54.9 Å². The molecular formula is C20H23FN2O5S. The van der Waals surface area contributed by atoms with E-state index in [4.69, 9.17) is 9.47 Å². The number of amides is 1. The number of benzene rings is 2. The Morgan fingerprint density at radius 3 is 2.59 bits per heavy atom. The second-order valence-corrected chi connectivity index (χ2v) is 8.66. The van der Waals surface area contributed by atoms with Gasteiger partial charge in [-0.1, -0.05) is 6.07 Å². The lowest BCUT2D eigenvalue weighted by atomic mass is 9.99. The third kappa shape index (κ3) is 4.68. The summed E-state index contributed by atoms with van der Waals surface area (Å²) in [4.78, 5) is 12.7. The Morgan fingerprint density at radius 1 is 1.14 bits per heavy atom. The van der Waals surface area contributed by atoms with Crippen molar-refractivity contribution in [3.8, 4) is 11.5 Å². The highest BCUT2D eigenvalue weighted by molar-refractivity contribution is 7.89. The largest absolute Gasteiger partial charge is 0.493 e. The Kier molecular flexibility index (Phi) is 6.39. The molecule has 1 atom stereocenters. The molecular weight excluding hydrogens is 399 g/mol. The molecule has 7 nitrogen and oxygen atoms in total. The van der Waals surface area contributed by atoms with Crippen LogP contribution < -0.4 is 14.8 Å². The third-order valence-corrected chi connectivity index (χ3v) is 6.70. The highest BCUT2D eigenvalue weighted by atomic mass is 32.2. The zero-order valence-electron chi connectivity index (χ0n) is 16.2. The summed E-state index contributed by atoms with van der Waals surface area (Å²) in [6, 6.07) is 9.98. The Hall–Kier alpha value is -2.65. The minimum absolute atomic E-state index is 0.0534. The molecule has 156 valence electrons. The number of carbonyl (C=O) groups excluding carboxylic acids is 1. The van der Waals surface area contributed by atoms with E-state index in [2.05, 4.69) is 5.32 Å². The van der Waals surface area contributed by atoms with E-state index in [1.807, 2.05) is 0 Å². The van der Waals surface area contributed by atoms with Crippen LogP contribution in [0, 0.1) is 11.7 Å². The fourth-order valence-corrected chi connectivity index (χ4v) is 4.85. The summed E-state index contributed by atoms with van der Waals surface area (Å²) in [6.45, 7) is 0.373. The van der Waals surface area contributed by atoms with Crippen LogP contribution in [0.25, 0.3) is 0 Å². The molecule has 0 unspecified atom stereocenters. The number of piperidine rings is 1. The molecule has 0 aliphatic carbocycles. The molecule has 9 heteroatoms. The van der Waals surface area contributed by atoms with Gasteiger partial charge >= 0.3 is 0 Å². The predicted molar refractivity (Wildman–Crippen MR) is 106 cm³/mol. The van der Waals surface area contributed by atoms with Crippen molar-refractivity contribution in [2.45, 2.75) is 17.7 Å². The van der Waals surface area contributed by atoms with Crippen LogP contribution in [0.4, 0.5) is 10.1 Å². The number of anilines is 1. The summed E-state index contributed by atoms with van der Waals surface area (Å²) in [5.41, 5.74) is 0.342. The SMILES string of the molecule is COc1ccc(S(=O)(=O)N2CCC[C@H](C(=O)Nc3cccc(F)c3)C2)cc1OC. The highest BCUT2D eigenvalue weighted by Gasteiger charge is 2.33. The van der Waals surface area contributed by atoms with E-state index in [0.717, 1.165) is 0 Å². The van der Waals surface area contributed by atoms with Gasteiger partial charge in [-0.25, -0.2) is 12.8 Å². The average Bonchev–Trinajstić information content (AvgIpc) is 2.73. The number of methoxy groups -OCH3 is 2. The number of nitrogens with one attached hydrogen (secondary N) is 1. The summed E-state index contributed by atoms with van der Waals surface area (Å²) >= 11 is 0. The van der Waals surface area contributed by atoms with Crippen molar-refractivity contribution in [2.75, 3.05) is 32.6 Å². The van der Waals surface area contributed by atoms with Crippen LogP contribution in [0.2, 0.25) is 0 Å². The van der Waals surface area contributed by atoms with Gasteiger partial charge < -0.3 is 14.8 Å². The van der Waals surface area contributed by atoms with Crippen molar-refractivity contribution in [2.24, 2.45) is 5.92 Å². The molecule has 1 saturated heterocycles. The maximum absolute atomic E-state index is 13.3. The second kappa shape index (κ2) is 8.79. The van der Waals surface area contributed by atoms with E-state index in [0.29, 0.717) is 36.6 Å². The molecule has 1 N–H and O–H groups in total. The van der Waals surface area contributed by atoms with E-state index in [9.17, 15) is 17.6 Å². The summed E-state index contributed by atoms with van der Waals surface area (Å²) in [6.07, 6.45) is 1.10. The summed E-state index contributed by atoms with van der Waals surface area (Å²) in [5.74, 6) is -0.572. The standard InChI is InChI=1S/C20H23FN2O5S/c1-27-18-9-8-17(12-19(18)28-2)29(25,26)23-10-4-5-14(13-23)20(24)22-16-7-3-6-15(21)11-16/h3,6-9,11-12,14H,4-5,10,13H2,1-2H3,(H,22,24)/t14-/m0/s1. The van der Waals surface area contributed by atoms with Crippen molar-refractivity contribution < 1.29 is 27.1 Å². The lowest BCUT2D eigenvalue weighted by Crippen LogP contribution is -2.43. The summed E-state index contributed by atoms with van der Waals surface area (Å²) in [7, 11) is -0.905. The van der Waals surface area contributed by atoms with Crippen LogP contribution in [0.15, 0.2) is 47.4 Å². The summed E-state index contributed by atoms with van der Waals surface area (Å²) in [5, 5.41) is 2.66. The van der Waals surface area contributed by atoms with Gasteiger partial charge in [0.25, 0.3) is 0 Å². The molecule has 3 rings (SSSR count). The lowest BCUT2D eigenvalue weighted by molar-refractivity contribution is -0.120. The Bertz CT molecular complexity index is 996. The molecule has 1 amide bonds. The van der Waals surface area contributed by atoms with Gasteiger partial charge in [-0.2, -0.15) is 4.31 Å². The molecule has 0 radical (unpaired) electrons. The van der Waals surface area contributed by atoms with Crippen molar-refractivity contribution in [3.63, 3.8) is 0 Å². The van der Waals surface area contributed by atoms with E-state index >= 15 is 0 Å². The molecule has 0 saturated carbocycles. The van der Waals surface area contributed by atoms with Crippen LogP contribution >= 0.6 is 0 Å². The van der Waals surface area contributed by atoms with Gasteiger partial charge in [0.15, 0.2) is 11.5 Å². The van der Waals surface area contributed by atoms with Crippen molar-refractivity contribution >= 4 is 21.6 Å². The zero-order valence-corrected chi connectivity index (χ0v) is 17.0. The fraction of sp³-hybridized carbons (Fsp3) is 0.350. The maximum atomic E-state index is 13.3. The molecule has 0 spiro atoms. The van der Waals surface area contributed by atoms with Crippen LogP contribution in [0.1, 0.15) is 12.8 Å². The third-order valence-electron chi connectivity index (χ3n) is 4.84. The molecule has 29 heavy (non-hydrogen) atoms. The monoisotopic (exact) mass is 422 g/mol. The Balaban J connectivity index is 1.76. The second-order valence-electron chi connectivity index (χ2n) is 6.72. The smallest absolute Gasteiger partial charge is 0.243 e. The molecule has 2 aromatic carbocycles. The van der Waals surface area contributed by atoms with Crippen molar-refractivity contribution in [1.82, 2.24) is 4.31 Å². The first-order chi connectivity index (χ1) is 13.8. The molecule has 2 aromatic rings. The first-order valence-electron chi connectivity index (χ1n) is 9.13. The van der Waals surface area contributed by atoms with Crippen LogP contribution in [-0.2, 0) is 14.8 Å². The number of carbonyl (C=O) groups is 1. The van der Waals surface area contributed by atoms with Crippen molar-refractivity contribution in [3.05, 3.63) is 48.3 Å². The Labute approximate surface area is 169 Å². The fourth-order valence-electron chi connectivity index (χ4n) is 3.31. The van der Waals surface area contributed by atoms with Gasteiger partial charge in [-0.05, 0) is 43.2 Å². The number of halogens is 1. The van der Waals surface area contributed by atoms with Gasteiger partial charge in [-0.3, -0.25) is 4.79 Å². The topological polar surface area (TPSA) is 84.9 Å². The number of sulfonamides is 1. The van der Waals surface area contributed by atoms with Gasteiger partial charge in [-0.15, -0.1) is 0 Å². The highest BCUT2D eigenvalue weighted by Crippen LogP contribution is 2.32. The molecule has 0 aromatic heterocycles. The predicted octanol–water partition coefficient (Wildman–Crippen LogP) is 2.88. The van der Waals surface area contributed by atoms with E-state index in [1.54, 1.807) is 6.07 Å². The van der Waals surface area contributed by atoms with Gasteiger partial charge in [0.05, 0.1) is 25.0 Å². The average molecular weight is 422 g/mol. The Morgan fingerprint density at radius 2 is 1.90 bits per heavy atom. The number of hydrogen-bond donors (Lipinski definition) is 1. The number of rotatable bonds is 6. The number of nitrogens with zero attached hydrogens (tertiary/aromatic N) is 1. The number of ether oxygens (including phenoxy) is 2. The zero-order chi connectivity index (χ0) is 21.0. The van der Waals surface area contributed by atoms with Crippen LogP contribution in [0.5, 0.6) is 11.5 Å². The van der Waals surface area contributed by atoms with Gasteiger partial charge in [0.1, 0.15) is 5.82 Å². The summed E-state index contributed by atoms with van der Waals surface area (Å²) < 4.78 is 51.1. The van der Waals surface area contributed by atoms with E-state index < -0.39 is 21.8 Å². The first-order valence-corrected chi connectivity index (χ1v) is 10.6. The first kappa shape index (κ1) is 21.1. The molecule has 1 aliphatic rings. The quantitative estimate of drug-likeness (QED) is 0.774. The van der Waals surface area contributed by atoms with Crippen molar-refractivity contribution in [1.29, 1.82) is 0 Å². The van der Waals surface area contributed by atoms with Gasteiger partial charge in [0, 0.05) is 24.8 Å². The van der Waals surface area contributed by atoms with E-state index in [-0.39, 0.29) is 17.3 Å². The van der Waals surface area contributed by atoms with Gasteiger partial charge in [0.2, 0.25) is 15.9 Å². The minimum Gasteiger partial charge on any atom is -0.493 e. The lowest BCUT2D eigenvalue weighted by Gasteiger charge is -2.31. The normalized spacial score (nSPS) is 17.6.